The average Bonchev–Trinajstić information content (AvgIpc) is 2.77. The molecule has 30 heavy (non-hydrogen) atoms. The number of rotatable bonds is 9. The van der Waals surface area contributed by atoms with Crippen molar-refractivity contribution >= 4 is 11.9 Å². The van der Waals surface area contributed by atoms with Crippen molar-refractivity contribution < 1.29 is 24.1 Å². The number of carbonyl (C=O) groups is 1. The highest BCUT2D eigenvalue weighted by Gasteiger charge is 2.13. The number of methoxy groups -OCH3 is 1. The van der Waals surface area contributed by atoms with Crippen LogP contribution in [0.15, 0.2) is 72.8 Å². The molecule has 0 aliphatic carbocycles. The number of ether oxygens (including phenoxy) is 3. The zero-order chi connectivity index (χ0) is 21.3. The lowest BCUT2D eigenvalue weighted by molar-refractivity contribution is 0.104. The second kappa shape index (κ2) is 10.2. The summed E-state index contributed by atoms with van der Waals surface area (Å²) in [4.78, 5) is 12.9. The molecule has 0 aromatic heterocycles. The van der Waals surface area contributed by atoms with Crippen LogP contribution in [0.25, 0.3) is 6.08 Å². The third kappa shape index (κ3) is 5.41. The Morgan fingerprint density at radius 2 is 1.77 bits per heavy atom. The second-order valence-corrected chi connectivity index (χ2v) is 6.49. The maximum Gasteiger partial charge on any atom is 0.189 e. The smallest absolute Gasteiger partial charge is 0.189 e. The quantitative estimate of drug-likeness (QED) is 0.389. The number of hydrogen-bond acceptors (Lipinski definition) is 5. The summed E-state index contributed by atoms with van der Waals surface area (Å²) in [5.41, 5.74) is 2.13. The Bertz CT molecular complexity index is 1020. The largest absolute Gasteiger partial charge is 0.508 e. The standard InChI is InChI=1S/C25H24O5/c1-3-29-24-15-20(26)11-9-19(24)10-14-23(27)22-13-12-21(28-2)16-25(22)30-17-18-7-5-4-6-8-18/h4-16,26H,3,17H2,1-2H3. The Morgan fingerprint density at radius 3 is 2.50 bits per heavy atom. The third-order valence-electron chi connectivity index (χ3n) is 4.40. The molecule has 0 radical (unpaired) electrons. The van der Waals surface area contributed by atoms with Crippen LogP contribution in [-0.4, -0.2) is 24.6 Å². The first kappa shape index (κ1) is 21.0. The first-order valence-electron chi connectivity index (χ1n) is 9.63. The molecule has 0 saturated heterocycles. The van der Waals surface area contributed by atoms with E-state index in [4.69, 9.17) is 14.2 Å². The van der Waals surface area contributed by atoms with Gasteiger partial charge in [0.2, 0.25) is 0 Å². The zero-order valence-corrected chi connectivity index (χ0v) is 17.0. The van der Waals surface area contributed by atoms with E-state index in [2.05, 4.69) is 0 Å². The summed E-state index contributed by atoms with van der Waals surface area (Å²) in [6.07, 6.45) is 3.13. The number of allylic oxidation sites excluding steroid dienone is 1. The van der Waals surface area contributed by atoms with Gasteiger partial charge in [0.1, 0.15) is 29.6 Å². The molecular formula is C25H24O5. The molecule has 0 aliphatic rings. The maximum absolute atomic E-state index is 12.9. The summed E-state index contributed by atoms with van der Waals surface area (Å²) in [5.74, 6) is 1.46. The lowest BCUT2D eigenvalue weighted by Crippen LogP contribution is -2.03. The predicted octanol–water partition coefficient (Wildman–Crippen LogP) is 5.27. The molecule has 0 heterocycles. The first-order chi connectivity index (χ1) is 14.6. The molecule has 5 heteroatoms. The highest BCUT2D eigenvalue weighted by atomic mass is 16.5. The van der Waals surface area contributed by atoms with Gasteiger partial charge in [0.05, 0.1) is 19.3 Å². The summed E-state index contributed by atoms with van der Waals surface area (Å²) in [6, 6.07) is 19.6. The molecule has 0 saturated carbocycles. The van der Waals surface area contributed by atoms with Crippen molar-refractivity contribution in [3.05, 3.63) is 89.5 Å². The molecule has 0 atom stereocenters. The van der Waals surface area contributed by atoms with Crippen LogP contribution in [0.2, 0.25) is 0 Å². The number of benzene rings is 3. The third-order valence-corrected chi connectivity index (χ3v) is 4.40. The molecule has 0 unspecified atom stereocenters. The molecule has 5 nitrogen and oxygen atoms in total. The van der Waals surface area contributed by atoms with Crippen LogP contribution >= 0.6 is 0 Å². The SMILES string of the molecule is CCOc1cc(O)ccc1C=CC(=O)c1ccc(OC)cc1OCc1ccccc1. The fourth-order valence-electron chi connectivity index (χ4n) is 2.88. The van der Waals surface area contributed by atoms with Crippen LogP contribution in [0.3, 0.4) is 0 Å². The summed E-state index contributed by atoms with van der Waals surface area (Å²) in [6.45, 7) is 2.65. The zero-order valence-electron chi connectivity index (χ0n) is 17.0. The van der Waals surface area contributed by atoms with E-state index in [1.165, 1.54) is 12.1 Å². The van der Waals surface area contributed by atoms with Gasteiger partial charge in [-0.2, -0.15) is 0 Å². The normalized spacial score (nSPS) is 10.7. The topological polar surface area (TPSA) is 65.0 Å². The highest BCUT2D eigenvalue weighted by molar-refractivity contribution is 6.08. The van der Waals surface area contributed by atoms with E-state index in [9.17, 15) is 9.90 Å². The van der Waals surface area contributed by atoms with E-state index in [1.807, 2.05) is 37.3 Å². The molecule has 0 aliphatic heterocycles. The van der Waals surface area contributed by atoms with Gasteiger partial charge in [0, 0.05) is 17.7 Å². The minimum Gasteiger partial charge on any atom is -0.508 e. The summed E-state index contributed by atoms with van der Waals surface area (Å²) in [7, 11) is 1.57. The Hall–Kier alpha value is -3.73. The lowest BCUT2D eigenvalue weighted by atomic mass is 10.1. The van der Waals surface area contributed by atoms with Gasteiger partial charge >= 0.3 is 0 Å². The van der Waals surface area contributed by atoms with Crippen molar-refractivity contribution in [2.45, 2.75) is 13.5 Å². The Labute approximate surface area is 176 Å². The lowest BCUT2D eigenvalue weighted by Gasteiger charge is -2.12. The number of ketones is 1. The van der Waals surface area contributed by atoms with Crippen LogP contribution in [-0.2, 0) is 6.61 Å². The predicted molar refractivity (Wildman–Crippen MR) is 116 cm³/mol. The minimum atomic E-state index is -0.212. The van der Waals surface area contributed by atoms with Crippen LogP contribution in [0.1, 0.15) is 28.4 Å². The monoisotopic (exact) mass is 404 g/mol. The van der Waals surface area contributed by atoms with Crippen LogP contribution < -0.4 is 14.2 Å². The van der Waals surface area contributed by atoms with E-state index < -0.39 is 0 Å². The van der Waals surface area contributed by atoms with Gasteiger partial charge in [0.15, 0.2) is 5.78 Å². The van der Waals surface area contributed by atoms with Crippen molar-refractivity contribution in [1.29, 1.82) is 0 Å². The molecule has 0 bridgehead atoms. The number of phenols is 1. The maximum atomic E-state index is 12.9. The molecule has 154 valence electrons. The number of aromatic hydroxyl groups is 1. The van der Waals surface area contributed by atoms with E-state index in [1.54, 1.807) is 43.5 Å². The Morgan fingerprint density at radius 1 is 0.967 bits per heavy atom. The van der Waals surface area contributed by atoms with E-state index in [0.717, 1.165) is 5.56 Å². The fourth-order valence-corrected chi connectivity index (χ4v) is 2.88. The van der Waals surface area contributed by atoms with Crippen LogP contribution in [0.5, 0.6) is 23.0 Å². The van der Waals surface area contributed by atoms with Gasteiger partial charge in [-0.05, 0) is 48.9 Å². The molecule has 3 rings (SSSR count). The van der Waals surface area contributed by atoms with Crippen molar-refractivity contribution in [1.82, 2.24) is 0 Å². The molecule has 0 spiro atoms. The Balaban J connectivity index is 1.84. The number of hydrogen-bond donors (Lipinski definition) is 1. The average molecular weight is 404 g/mol. The molecule has 3 aromatic carbocycles. The first-order valence-corrected chi connectivity index (χ1v) is 9.63. The van der Waals surface area contributed by atoms with E-state index >= 15 is 0 Å². The Kier molecular flexibility index (Phi) is 7.11. The van der Waals surface area contributed by atoms with Crippen LogP contribution in [0.4, 0.5) is 0 Å². The summed E-state index contributed by atoms with van der Waals surface area (Å²) in [5, 5.41) is 9.66. The van der Waals surface area contributed by atoms with Gasteiger partial charge in [-0.1, -0.05) is 30.3 Å². The molecule has 3 aromatic rings. The van der Waals surface area contributed by atoms with E-state index in [-0.39, 0.29) is 11.5 Å². The molecule has 1 N–H and O–H groups in total. The fraction of sp³-hybridized carbons (Fsp3) is 0.160. The van der Waals surface area contributed by atoms with Crippen molar-refractivity contribution in [2.75, 3.05) is 13.7 Å². The van der Waals surface area contributed by atoms with Crippen molar-refractivity contribution in [3.8, 4) is 23.0 Å². The summed E-state index contributed by atoms with van der Waals surface area (Å²) >= 11 is 0. The molecule has 0 fully saturated rings. The van der Waals surface area contributed by atoms with Crippen molar-refractivity contribution in [3.63, 3.8) is 0 Å². The van der Waals surface area contributed by atoms with Gasteiger partial charge in [-0.15, -0.1) is 0 Å². The minimum absolute atomic E-state index is 0.105. The van der Waals surface area contributed by atoms with E-state index in [0.29, 0.717) is 41.6 Å². The molecule has 0 amide bonds. The number of carbonyl (C=O) groups excluding carboxylic acids is 1. The van der Waals surface area contributed by atoms with Crippen molar-refractivity contribution in [2.24, 2.45) is 0 Å². The van der Waals surface area contributed by atoms with Gasteiger partial charge < -0.3 is 19.3 Å². The second-order valence-electron chi connectivity index (χ2n) is 6.49. The van der Waals surface area contributed by atoms with Gasteiger partial charge in [0.25, 0.3) is 0 Å². The molecular weight excluding hydrogens is 380 g/mol. The summed E-state index contributed by atoms with van der Waals surface area (Å²) < 4.78 is 16.7. The van der Waals surface area contributed by atoms with Gasteiger partial charge in [-0.3, -0.25) is 4.79 Å². The number of phenolic OH excluding ortho intramolecular Hbond substituents is 1. The van der Waals surface area contributed by atoms with Crippen LogP contribution in [0, 0.1) is 0 Å². The van der Waals surface area contributed by atoms with Gasteiger partial charge in [-0.25, -0.2) is 0 Å². The highest BCUT2D eigenvalue weighted by Crippen LogP contribution is 2.28.